The molecule has 1 unspecified atom stereocenters. The first-order valence-corrected chi connectivity index (χ1v) is 11.6. The van der Waals surface area contributed by atoms with Crippen molar-refractivity contribution in [2.24, 2.45) is 0 Å². The van der Waals surface area contributed by atoms with Crippen LogP contribution in [-0.4, -0.2) is 46.6 Å². The van der Waals surface area contributed by atoms with E-state index in [1.807, 2.05) is 18.2 Å². The molecule has 0 spiro atoms. The average Bonchev–Trinajstić information content (AvgIpc) is 2.77. The zero-order chi connectivity index (χ0) is 22.8. The standard InChI is InChI=1S/C23H29NO6S/c1-15(2)16-6-8-18(9-7-16)31(26,27)24-11-10-17-12-21(28-3)22(29-4)13-19(17)20(24)14-23(25)30-5/h6-9,12-13,15,20H,10-11,14H2,1-5H3. The number of hydrogen-bond acceptors (Lipinski definition) is 6. The molecule has 1 atom stereocenters. The van der Waals surface area contributed by atoms with Gasteiger partial charge in [0, 0.05) is 6.54 Å². The minimum Gasteiger partial charge on any atom is -0.493 e. The molecule has 31 heavy (non-hydrogen) atoms. The van der Waals surface area contributed by atoms with Gasteiger partial charge in [-0.1, -0.05) is 26.0 Å². The van der Waals surface area contributed by atoms with Crippen LogP contribution in [-0.2, 0) is 26.0 Å². The highest BCUT2D eigenvalue weighted by molar-refractivity contribution is 7.89. The maximum atomic E-state index is 13.6. The highest BCUT2D eigenvalue weighted by atomic mass is 32.2. The molecule has 1 heterocycles. The van der Waals surface area contributed by atoms with Crippen LogP contribution in [0.4, 0.5) is 0 Å². The topological polar surface area (TPSA) is 82.1 Å². The van der Waals surface area contributed by atoms with Gasteiger partial charge in [-0.3, -0.25) is 4.79 Å². The van der Waals surface area contributed by atoms with Crippen molar-refractivity contribution < 1.29 is 27.4 Å². The number of hydrogen-bond donors (Lipinski definition) is 0. The number of benzene rings is 2. The summed E-state index contributed by atoms with van der Waals surface area (Å²) in [6.45, 7) is 4.36. The Morgan fingerprint density at radius 3 is 2.23 bits per heavy atom. The molecule has 0 radical (unpaired) electrons. The number of carbonyl (C=O) groups excluding carboxylic acids is 1. The molecule has 3 rings (SSSR count). The fourth-order valence-electron chi connectivity index (χ4n) is 3.91. The van der Waals surface area contributed by atoms with Crippen LogP contribution in [0.25, 0.3) is 0 Å². The fourth-order valence-corrected chi connectivity index (χ4v) is 5.51. The Balaban J connectivity index is 2.08. The molecule has 0 saturated carbocycles. The Kier molecular flexibility index (Phi) is 6.91. The molecule has 168 valence electrons. The Morgan fingerprint density at radius 1 is 1.06 bits per heavy atom. The van der Waals surface area contributed by atoms with Crippen molar-refractivity contribution in [2.75, 3.05) is 27.9 Å². The van der Waals surface area contributed by atoms with Gasteiger partial charge in [0.1, 0.15) is 0 Å². The second-order valence-electron chi connectivity index (χ2n) is 7.79. The second kappa shape index (κ2) is 9.28. The zero-order valence-electron chi connectivity index (χ0n) is 18.5. The van der Waals surface area contributed by atoms with E-state index in [9.17, 15) is 13.2 Å². The number of sulfonamides is 1. The minimum atomic E-state index is -3.83. The third-order valence-corrected chi connectivity index (χ3v) is 7.62. The van der Waals surface area contributed by atoms with E-state index in [1.165, 1.54) is 18.5 Å². The fraction of sp³-hybridized carbons (Fsp3) is 0.435. The van der Waals surface area contributed by atoms with Gasteiger partial charge in [-0.15, -0.1) is 0 Å². The quantitative estimate of drug-likeness (QED) is 0.602. The number of ether oxygens (including phenoxy) is 3. The SMILES string of the molecule is COC(=O)CC1c2cc(OC)c(OC)cc2CCN1S(=O)(=O)c1ccc(C(C)C)cc1. The lowest BCUT2D eigenvalue weighted by Gasteiger charge is -2.36. The first kappa shape index (κ1) is 23.1. The molecule has 0 N–H and O–H groups in total. The Labute approximate surface area is 184 Å². The van der Waals surface area contributed by atoms with Crippen molar-refractivity contribution in [1.82, 2.24) is 4.31 Å². The van der Waals surface area contributed by atoms with Crippen LogP contribution >= 0.6 is 0 Å². The molecule has 0 amide bonds. The summed E-state index contributed by atoms with van der Waals surface area (Å²) in [5.41, 5.74) is 2.70. The summed E-state index contributed by atoms with van der Waals surface area (Å²) in [6, 6.07) is 9.82. The molecule has 2 aromatic rings. The molecule has 0 saturated heterocycles. The number of fused-ring (bicyclic) bond motifs is 1. The van der Waals surface area contributed by atoms with Crippen molar-refractivity contribution >= 4 is 16.0 Å². The molecular weight excluding hydrogens is 418 g/mol. The van der Waals surface area contributed by atoms with E-state index in [1.54, 1.807) is 25.3 Å². The highest BCUT2D eigenvalue weighted by Crippen LogP contribution is 2.41. The van der Waals surface area contributed by atoms with Gasteiger partial charge in [-0.25, -0.2) is 8.42 Å². The molecule has 1 aliphatic rings. The van der Waals surface area contributed by atoms with Crippen LogP contribution in [0.15, 0.2) is 41.3 Å². The lowest BCUT2D eigenvalue weighted by atomic mass is 9.91. The zero-order valence-corrected chi connectivity index (χ0v) is 19.4. The average molecular weight is 448 g/mol. The predicted molar refractivity (Wildman–Crippen MR) is 117 cm³/mol. The summed E-state index contributed by atoms with van der Waals surface area (Å²) < 4.78 is 44.2. The van der Waals surface area contributed by atoms with Crippen molar-refractivity contribution in [3.63, 3.8) is 0 Å². The molecule has 0 aromatic heterocycles. The van der Waals surface area contributed by atoms with Gasteiger partial charge >= 0.3 is 5.97 Å². The molecular formula is C23H29NO6S. The highest BCUT2D eigenvalue weighted by Gasteiger charge is 2.38. The van der Waals surface area contributed by atoms with E-state index in [2.05, 4.69) is 13.8 Å². The second-order valence-corrected chi connectivity index (χ2v) is 9.68. The molecule has 8 heteroatoms. The Bertz CT molecular complexity index is 1050. The molecule has 2 aromatic carbocycles. The van der Waals surface area contributed by atoms with Crippen LogP contribution in [0.2, 0.25) is 0 Å². The van der Waals surface area contributed by atoms with Crippen molar-refractivity contribution in [3.8, 4) is 11.5 Å². The summed E-state index contributed by atoms with van der Waals surface area (Å²) in [7, 11) is 0.537. The van der Waals surface area contributed by atoms with E-state index in [0.717, 1.165) is 16.7 Å². The van der Waals surface area contributed by atoms with E-state index >= 15 is 0 Å². The van der Waals surface area contributed by atoms with Gasteiger partial charge in [-0.05, 0) is 53.3 Å². The number of methoxy groups -OCH3 is 3. The van der Waals surface area contributed by atoms with Gasteiger partial charge in [0.15, 0.2) is 11.5 Å². The number of esters is 1. The first-order chi connectivity index (χ1) is 14.7. The van der Waals surface area contributed by atoms with Gasteiger partial charge in [0.25, 0.3) is 0 Å². The number of carbonyl (C=O) groups is 1. The lowest BCUT2D eigenvalue weighted by Crippen LogP contribution is -2.41. The number of rotatable bonds is 7. The summed E-state index contributed by atoms with van der Waals surface area (Å²) >= 11 is 0. The Morgan fingerprint density at radius 2 is 1.68 bits per heavy atom. The smallest absolute Gasteiger partial charge is 0.307 e. The van der Waals surface area contributed by atoms with Gasteiger partial charge in [-0.2, -0.15) is 4.31 Å². The van der Waals surface area contributed by atoms with Crippen LogP contribution in [0, 0.1) is 0 Å². The van der Waals surface area contributed by atoms with Crippen LogP contribution < -0.4 is 9.47 Å². The maximum absolute atomic E-state index is 13.6. The van der Waals surface area contributed by atoms with E-state index in [4.69, 9.17) is 14.2 Å². The molecule has 7 nitrogen and oxygen atoms in total. The lowest BCUT2D eigenvalue weighted by molar-refractivity contribution is -0.141. The maximum Gasteiger partial charge on any atom is 0.307 e. The predicted octanol–water partition coefficient (Wildman–Crippen LogP) is 3.68. The summed E-state index contributed by atoms with van der Waals surface area (Å²) in [6.07, 6.45) is 0.402. The first-order valence-electron chi connectivity index (χ1n) is 10.2. The van der Waals surface area contributed by atoms with Crippen molar-refractivity contribution in [3.05, 3.63) is 53.1 Å². The number of nitrogens with zero attached hydrogens (tertiary/aromatic N) is 1. The molecule has 0 fully saturated rings. The van der Waals surface area contributed by atoms with Crippen LogP contribution in [0.1, 0.15) is 48.9 Å². The third kappa shape index (κ3) is 4.55. The van der Waals surface area contributed by atoms with Crippen LogP contribution in [0.3, 0.4) is 0 Å². The minimum absolute atomic E-state index is 0.0949. The van der Waals surface area contributed by atoms with Crippen LogP contribution in [0.5, 0.6) is 11.5 Å². The van der Waals surface area contributed by atoms with Gasteiger partial charge in [0.2, 0.25) is 10.0 Å². The normalized spacial score (nSPS) is 16.6. The van der Waals surface area contributed by atoms with Gasteiger partial charge in [0.05, 0.1) is 38.7 Å². The van der Waals surface area contributed by atoms with Gasteiger partial charge < -0.3 is 14.2 Å². The largest absolute Gasteiger partial charge is 0.493 e. The van der Waals surface area contributed by atoms with Crippen molar-refractivity contribution in [1.29, 1.82) is 0 Å². The summed E-state index contributed by atoms with van der Waals surface area (Å²) in [5.74, 6) is 0.867. The molecule has 1 aliphatic heterocycles. The van der Waals surface area contributed by atoms with E-state index < -0.39 is 22.0 Å². The monoisotopic (exact) mass is 447 g/mol. The Hall–Kier alpha value is -2.58. The molecule has 0 bridgehead atoms. The third-order valence-electron chi connectivity index (χ3n) is 5.69. The van der Waals surface area contributed by atoms with Crippen molar-refractivity contribution in [2.45, 2.75) is 43.5 Å². The summed E-state index contributed by atoms with van der Waals surface area (Å²) in [5, 5.41) is 0. The summed E-state index contributed by atoms with van der Waals surface area (Å²) in [4.78, 5) is 12.4. The van der Waals surface area contributed by atoms with E-state index in [-0.39, 0.29) is 17.9 Å². The molecule has 0 aliphatic carbocycles. The van der Waals surface area contributed by atoms with E-state index in [0.29, 0.717) is 23.8 Å².